The summed E-state index contributed by atoms with van der Waals surface area (Å²) < 4.78 is 87.2. The molecule has 1 aromatic heterocycles. The summed E-state index contributed by atoms with van der Waals surface area (Å²) >= 11 is 0. The standard InChI is InChI=1S/C38H47F3N6O9S/c1-35(14-9-15-35)56-34(51)44-26-11-8-6-4-5-7-10-22-20-37(22,33(50)46-57(52,53)36(2)16-17-36)45-30(48)28-19-24(21-47(28)32(26)49)55-31-29(38(39,40)41)42-27-18-23(54-3)12-13-25(27)43-31/h7,10,12-13,18,22,24,26,28H,4-6,8-9,11,14-17,19-21H2,1-3H3,(H,44,51)(H,45,48)(H,46,50)/b10-7+/t22-,24-,26+,28+,37-/m1/s1. The molecule has 1 aromatic carbocycles. The number of nitrogens with zero attached hydrogens (tertiary/aromatic N) is 3. The molecule has 4 fully saturated rings. The van der Waals surface area contributed by atoms with Gasteiger partial charge in [0.1, 0.15) is 35.1 Å². The van der Waals surface area contributed by atoms with Gasteiger partial charge in [0.15, 0.2) is 0 Å². The van der Waals surface area contributed by atoms with Crippen molar-refractivity contribution in [2.24, 2.45) is 5.92 Å². The lowest BCUT2D eigenvalue weighted by Gasteiger charge is -2.38. The van der Waals surface area contributed by atoms with Gasteiger partial charge in [-0.1, -0.05) is 25.0 Å². The van der Waals surface area contributed by atoms with E-state index in [4.69, 9.17) is 14.2 Å². The second-order valence-electron chi connectivity index (χ2n) is 16.3. The van der Waals surface area contributed by atoms with E-state index < -0.39 is 98.1 Å². The number of fused-ring (bicyclic) bond motifs is 3. The van der Waals surface area contributed by atoms with Crippen molar-refractivity contribution in [1.29, 1.82) is 0 Å². The van der Waals surface area contributed by atoms with E-state index in [2.05, 4.69) is 25.3 Å². The highest BCUT2D eigenvalue weighted by molar-refractivity contribution is 7.91. The molecule has 0 spiro atoms. The molecule has 2 aromatic rings. The van der Waals surface area contributed by atoms with Crippen LogP contribution in [0.2, 0.25) is 0 Å². The molecular weight excluding hydrogens is 774 g/mol. The van der Waals surface area contributed by atoms with Crippen LogP contribution in [0, 0.1) is 5.92 Å². The van der Waals surface area contributed by atoms with Crippen LogP contribution >= 0.6 is 0 Å². The molecule has 57 heavy (non-hydrogen) atoms. The number of alkyl halides is 3. The molecule has 4 amide bonds. The Hall–Kier alpha value is -4.68. The predicted molar refractivity (Wildman–Crippen MR) is 197 cm³/mol. The fraction of sp³-hybridized carbons (Fsp3) is 0.632. The number of rotatable bonds is 8. The Bertz CT molecular complexity index is 2090. The summed E-state index contributed by atoms with van der Waals surface area (Å²) in [7, 11) is -2.73. The van der Waals surface area contributed by atoms with Crippen LogP contribution < -0.4 is 24.8 Å². The molecule has 3 heterocycles. The van der Waals surface area contributed by atoms with Crippen LogP contribution in [-0.2, 0) is 35.3 Å². The van der Waals surface area contributed by atoms with Crippen molar-refractivity contribution in [2.75, 3.05) is 13.7 Å². The van der Waals surface area contributed by atoms with Gasteiger partial charge in [-0.25, -0.2) is 23.2 Å². The van der Waals surface area contributed by atoms with Crippen LogP contribution in [0.4, 0.5) is 18.0 Å². The van der Waals surface area contributed by atoms with E-state index in [-0.39, 0.29) is 36.0 Å². The van der Waals surface area contributed by atoms with Crippen molar-refractivity contribution in [3.63, 3.8) is 0 Å². The summed E-state index contributed by atoms with van der Waals surface area (Å²) in [5.74, 6) is -3.64. The maximum absolute atomic E-state index is 14.5. The lowest BCUT2D eigenvalue weighted by atomic mass is 9.82. The third-order valence-electron chi connectivity index (χ3n) is 11.9. The molecule has 7 rings (SSSR count). The van der Waals surface area contributed by atoms with E-state index in [0.717, 1.165) is 11.3 Å². The minimum absolute atomic E-state index is 0.0687. The molecule has 0 radical (unpaired) electrons. The molecule has 2 aliphatic heterocycles. The van der Waals surface area contributed by atoms with Gasteiger partial charge in [-0.15, -0.1) is 0 Å². The van der Waals surface area contributed by atoms with Gasteiger partial charge in [0.25, 0.3) is 5.91 Å². The minimum atomic E-state index is -5.01. The molecule has 19 heteroatoms. The van der Waals surface area contributed by atoms with E-state index in [1.807, 2.05) is 6.08 Å². The van der Waals surface area contributed by atoms with E-state index in [1.54, 1.807) is 13.0 Å². The van der Waals surface area contributed by atoms with Gasteiger partial charge < -0.3 is 29.7 Å². The number of allylic oxidation sites excluding steroid dienone is 1. The van der Waals surface area contributed by atoms with Crippen molar-refractivity contribution >= 4 is 44.9 Å². The number of hydrogen-bond acceptors (Lipinski definition) is 11. The van der Waals surface area contributed by atoms with Crippen LogP contribution in [0.25, 0.3) is 11.0 Å². The van der Waals surface area contributed by atoms with Crippen LogP contribution in [0.15, 0.2) is 30.4 Å². The van der Waals surface area contributed by atoms with Gasteiger partial charge in [0, 0.05) is 18.4 Å². The first kappa shape index (κ1) is 40.5. The van der Waals surface area contributed by atoms with Gasteiger partial charge in [-0.05, 0) is 83.8 Å². The zero-order valence-corrected chi connectivity index (χ0v) is 32.8. The highest BCUT2D eigenvalue weighted by Crippen LogP contribution is 2.48. The number of benzene rings is 1. The van der Waals surface area contributed by atoms with Crippen LogP contribution in [0.5, 0.6) is 11.6 Å². The summed E-state index contributed by atoms with van der Waals surface area (Å²) in [4.78, 5) is 64.9. The number of carbonyl (C=O) groups excluding carboxylic acids is 4. The molecule has 3 saturated carbocycles. The Morgan fingerprint density at radius 1 is 1.02 bits per heavy atom. The zero-order chi connectivity index (χ0) is 41.0. The summed E-state index contributed by atoms with van der Waals surface area (Å²) in [6.07, 6.45) is 1.91. The predicted octanol–water partition coefficient (Wildman–Crippen LogP) is 4.44. The highest BCUT2D eigenvalue weighted by Gasteiger charge is 2.63. The molecule has 3 N–H and O–H groups in total. The summed E-state index contributed by atoms with van der Waals surface area (Å²) in [5.41, 5.74) is -3.82. The number of halogens is 3. The summed E-state index contributed by atoms with van der Waals surface area (Å²) in [5, 5.41) is 5.41. The Morgan fingerprint density at radius 2 is 1.77 bits per heavy atom. The Labute approximate surface area is 327 Å². The fourth-order valence-electron chi connectivity index (χ4n) is 7.69. The van der Waals surface area contributed by atoms with Crippen LogP contribution in [0.3, 0.4) is 0 Å². The smallest absolute Gasteiger partial charge is 0.438 e. The first-order valence-corrected chi connectivity index (χ1v) is 20.8. The lowest BCUT2D eigenvalue weighted by Crippen LogP contribution is -2.59. The molecule has 0 bridgehead atoms. The molecule has 310 valence electrons. The van der Waals surface area contributed by atoms with E-state index >= 15 is 0 Å². The first-order valence-electron chi connectivity index (χ1n) is 19.3. The fourth-order valence-corrected chi connectivity index (χ4v) is 9.00. The second-order valence-corrected chi connectivity index (χ2v) is 18.5. The number of carbonyl (C=O) groups is 4. The second kappa shape index (κ2) is 14.9. The Morgan fingerprint density at radius 3 is 2.44 bits per heavy atom. The lowest BCUT2D eigenvalue weighted by molar-refractivity contribution is -0.143. The number of amides is 4. The average Bonchev–Trinajstić information content (AvgIpc) is 4.02. The first-order chi connectivity index (χ1) is 26.9. The Balaban J connectivity index is 1.21. The molecule has 1 saturated heterocycles. The largest absolute Gasteiger partial charge is 0.497 e. The van der Waals surface area contributed by atoms with E-state index in [9.17, 15) is 40.8 Å². The number of aromatic nitrogens is 2. The number of methoxy groups -OCH3 is 1. The third-order valence-corrected chi connectivity index (χ3v) is 14.1. The quantitative estimate of drug-likeness (QED) is 0.319. The number of nitrogens with one attached hydrogen (secondary N) is 3. The Kier molecular flexibility index (Phi) is 10.6. The van der Waals surface area contributed by atoms with Crippen LogP contribution in [-0.4, -0.2) is 94.8 Å². The summed E-state index contributed by atoms with van der Waals surface area (Å²) in [6, 6.07) is 1.62. The number of hydrogen-bond donors (Lipinski definition) is 3. The van der Waals surface area contributed by atoms with E-state index in [0.29, 0.717) is 51.4 Å². The molecule has 15 nitrogen and oxygen atoms in total. The third kappa shape index (κ3) is 8.34. The van der Waals surface area contributed by atoms with Gasteiger partial charge in [-0.2, -0.15) is 13.2 Å². The molecule has 5 atom stereocenters. The zero-order valence-electron chi connectivity index (χ0n) is 31.9. The van der Waals surface area contributed by atoms with Crippen molar-refractivity contribution in [3.8, 4) is 11.6 Å². The van der Waals surface area contributed by atoms with Gasteiger partial charge in [0.05, 0.1) is 29.4 Å². The maximum Gasteiger partial charge on any atom is 0.438 e. The average molecular weight is 821 g/mol. The molecular formula is C38H47F3N6O9S. The SMILES string of the molecule is COc1ccc2nc(O[C@@H]3C[C@H]4C(=O)N[C@]5(C(=O)NS(=O)(=O)C6(C)CC6)C[C@H]5/C=C/CCCCC[C@H](NC(=O)OC5(C)CCC5)C(=O)N4C3)c(C(F)(F)F)nc2c1. The minimum Gasteiger partial charge on any atom is -0.497 e. The number of alkyl carbamates (subject to hydrolysis) is 1. The summed E-state index contributed by atoms with van der Waals surface area (Å²) in [6.45, 7) is 2.92. The van der Waals surface area contributed by atoms with Crippen molar-refractivity contribution in [2.45, 2.75) is 131 Å². The topological polar surface area (TPSA) is 195 Å². The number of sulfonamides is 1. The van der Waals surface area contributed by atoms with Gasteiger partial charge >= 0.3 is 12.3 Å². The number of ether oxygens (including phenoxy) is 3. The highest BCUT2D eigenvalue weighted by atomic mass is 32.2. The molecule has 3 aliphatic carbocycles. The van der Waals surface area contributed by atoms with Crippen LogP contribution in [0.1, 0.15) is 96.6 Å². The van der Waals surface area contributed by atoms with Gasteiger partial charge in [-0.3, -0.25) is 19.1 Å². The van der Waals surface area contributed by atoms with Crippen molar-refractivity contribution in [3.05, 3.63) is 36.0 Å². The normalized spacial score (nSPS) is 28.9. The molecule has 5 aliphatic rings. The molecule has 0 unspecified atom stereocenters. The monoisotopic (exact) mass is 820 g/mol. The van der Waals surface area contributed by atoms with Crippen molar-refractivity contribution in [1.82, 2.24) is 30.2 Å². The van der Waals surface area contributed by atoms with Gasteiger partial charge in [0.2, 0.25) is 33.4 Å². The van der Waals surface area contributed by atoms with E-state index in [1.165, 1.54) is 32.2 Å². The van der Waals surface area contributed by atoms with Crippen molar-refractivity contribution < 1.29 is 55.0 Å². The maximum atomic E-state index is 14.5.